The molecule has 19 heavy (non-hydrogen) atoms. The van der Waals surface area contributed by atoms with E-state index < -0.39 is 0 Å². The molecule has 1 heterocycles. The molecule has 3 aromatic rings. The molecule has 0 N–H and O–H groups in total. The third-order valence-corrected chi connectivity index (χ3v) is 4.73. The summed E-state index contributed by atoms with van der Waals surface area (Å²) in [5.41, 5.74) is 7.36. The van der Waals surface area contributed by atoms with E-state index in [1.807, 2.05) is 6.92 Å². The lowest BCUT2D eigenvalue weighted by molar-refractivity contribution is 0.450. The van der Waals surface area contributed by atoms with Gasteiger partial charge in [0.05, 0.1) is 11.1 Å². The van der Waals surface area contributed by atoms with Gasteiger partial charge in [-0.25, -0.2) is 0 Å². The Labute approximate surface area is 115 Å². The average Bonchev–Trinajstić information content (AvgIpc) is 2.98. The van der Waals surface area contributed by atoms with Crippen LogP contribution in [0.15, 0.2) is 39.8 Å². The Kier molecular flexibility index (Phi) is 2.27. The first-order valence-corrected chi connectivity index (χ1v) is 7.56. The first-order chi connectivity index (χ1) is 9.29. The molecule has 2 aromatic carbocycles. The molecule has 0 saturated carbocycles. The van der Waals surface area contributed by atoms with Crippen molar-refractivity contribution in [1.82, 2.24) is 5.16 Å². The van der Waals surface area contributed by atoms with Crippen LogP contribution in [-0.4, -0.2) is 11.4 Å². The van der Waals surface area contributed by atoms with Crippen molar-refractivity contribution in [3.63, 3.8) is 0 Å². The molecular weight excluding hydrogens is 254 g/mol. The first kappa shape index (κ1) is 11.1. The van der Waals surface area contributed by atoms with Gasteiger partial charge >= 0.3 is 0 Å². The third kappa shape index (κ3) is 1.42. The summed E-state index contributed by atoms with van der Waals surface area (Å²) in [6.45, 7) is 2.01. The molecule has 4 rings (SSSR count). The predicted molar refractivity (Wildman–Crippen MR) is 78.8 cm³/mol. The molecule has 0 fully saturated rings. The highest BCUT2D eigenvalue weighted by atomic mass is 32.2. The zero-order valence-electron chi connectivity index (χ0n) is 10.9. The fraction of sp³-hybridized carbons (Fsp3) is 0.188. The molecule has 94 valence electrons. The van der Waals surface area contributed by atoms with Crippen LogP contribution >= 0.6 is 11.8 Å². The molecule has 0 unspecified atom stereocenters. The molecule has 1 aromatic heterocycles. The average molecular weight is 267 g/mol. The van der Waals surface area contributed by atoms with Crippen molar-refractivity contribution >= 4 is 22.7 Å². The van der Waals surface area contributed by atoms with Crippen LogP contribution in [0.25, 0.3) is 22.1 Å². The number of benzene rings is 2. The van der Waals surface area contributed by atoms with Crippen LogP contribution in [0.5, 0.6) is 0 Å². The van der Waals surface area contributed by atoms with Crippen molar-refractivity contribution in [2.45, 2.75) is 18.2 Å². The maximum absolute atomic E-state index is 5.47. The molecular formula is C16H13NOS. The first-order valence-electron chi connectivity index (χ1n) is 6.33. The molecule has 0 bridgehead atoms. The van der Waals surface area contributed by atoms with Gasteiger partial charge in [0.25, 0.3) is 0 Å². The lowest BCUT2D eigenvalue weighted by atomic mass is 10.0. The van der Waals surface area contributed by atoms with Crippen molar-refractivity contribution in [3.8, 4) is 11.1 Å². The highest BCUT2D eigenvalue weighted by Gasteiger charge is 2.24. The second-order valence-corrected chi connectivity index (χ2v) is 5.73. The Morgan fingerprint density at radius 3 is 2.89 bits per heavy atom. The van der Waals surface area contributed by atoms with Crippen LogP contribution in [0, 0.1) is 6.92 Å². The minimum Gasteiger partial charge on any atom is -0.356 e. The molecule has 0 spiro atoms. The van der Waals surface area contributed by atoms with E-state index >= 15 is 0 Å². The van der Waals surface area contributed by atoms with Crippen LogP contribution in [-0.2, 0) is 6.42 Å². The van der Waals surface area contributed by atoms with Gasteiger partial charge in [0.2, 0.25) is 0 Å². The van der Waals surface area contributed by atoms with Gasteiger partial charge in [-0.1, -0.05) is 29.4 Å². The molecule has 0 atom stereocenters. The number of aryl methyl sites for hydroxylation is 1. The Hall–Kier alpha value is -1.74. The summed E-state index contributed by atoms with van der Waals surface area (Å²) in [7, 11) is 0. The van der Waals surface area contributed by atoms with E-state index in [4.69, 9.17) is 4.52 Å². The summed E-state index contributed by atoms with van der Waals surface area (Å²) < 4.78 is 5.47. The number of aromatic nitrogens is 1. The summed E-state index contributed by atoms with van der Waals surface area (Å²) in [6.07, 6.45) is 3.15. The topological polar surface area (TPSA) is 26.0 Å². The fourth-order valence-electron chi connectivity index (χ4n) is 3.02. The highest BCUT2D eigenvalue weighted by molar-refractivity contribution is 7.98. The molecule has 1 aliphatic rings. The monoisotopic (exact) mass is 267 g/mol. The highest BCUT2D eigenvalue weighted by Crippen LogP contribution is 2.45. The maximum Gasteiger partial charge on any atom is 0.168 e. The minimum absolute atomic E-state index is 0.900. The van der Waals surface area contributed by atoms with Gasteiger partial charge in [0, 0.05) is 4.90 Å². The number of fused-ring (bicyclic) bond motifs is 4. The van der Waals surface area contributed by atoms with Crippen molar-refractivity contribution in [2.75, 3.05) is 6.26 Å². The SMILES string of the molecule is CSc1c2c(cc3onc(C)c13)-c1ccccc1C2. The van der Waals surface area contributed by atoms with Gasteiger partial charge in [0.1, 0.15) is 0 Å². The van der Waals surface area contributed by atoms with Crippen LogP contribution in [0.1, 0.15) is 16.8 Å². The second kappa shape index (κ2) is 3.87. The Balaban J connectivity index is 2.13. The quantitative estimate of drug-likeness (QED) is 0.477. The van der Waals surface area contributed by atoms with Crippen molar-refractivity contribution < 1.29 is 4.52 Å². The summed E-state index contributed by atoms with van der Waals surface area (Å²) >= 11 is 1.79. The molecule has 0 amide bonds. The van der Waals surface area contributed by atoms with Crippen molar-refractivity contribution in [2.24, 2.45) is 0 Å². The number of thioether (sulfide) groups is 1. The zero-order valence-corrected chi connectivity index (χ0v) is 11.7. The molecule has 0 saturated heterocycles. The van der Waals surface area contributed by atoms with E-state index in [1.54, 1.807) is 11.8 Å². The normalized spacial score (nSPS) is 12.7. The lowest BCUT2D eigenvalue weighted by Crippen LogP contribution is -1.87. The molecule has 3 heteroatoms. The second-order valence-electron chi connectivity index (χ2n) is 4.91. The number of hydrogen-bond acceptors (Lipinski definition) is 3. The number of rotatable bonds is 1. The predicted octanol–water partition coefficient (Wildman–Crippen LogP) is 4.43. The van der Waals surface area contributed by atoms with E-state index in [9.17, 15) is 0 Å². The number of hydrogen-bond donors (Lipinski definition) is 0. The van der Waals surface area contributed by atoms with E-state index in [1.165, 1.54) is 32.5 Å². The van der Waals surface area contributed by atoms with Crippen LogP contribution in [0.2, 0.25) is 0 Å². The Bertz CT molecular complexity index is 804. The van der Waals surface area contributed by atoms with Gasteiger partial charge in [-0.05, 0) is 47.9 Å². The van der Waals surface area contributed by atoms with Crippen LogP contribution in [0.3, 0.4) is 0 Å². The molecule has 2 nitrogen and oxygen atoms in total. The summed E-state index contributed by atoms with van der Waals surface area (Å²) in [4.78, 5) is 1.32. The van der Waals surface area contributed by atoms with Gasteiger partial charge in [-0.15, -0.1) is 11.8 Å². The maximum atomic E-state index is 5.47. The van der Waals surface area contributed by atoms with Crippen molar-refractivity contribution in [1.29, 1.82) is 0 Å². The van der Waals surface area contributed by atoms with Crippen LogP contribution in [0.4, 0.5) is 0 Å². The lowest BCUT2D eigenvalue weighted by Gasteiger charge is -2.07. The van der Waals surface area contributed by atoms with Gasteiger partial charge in [0.15, 0.2) is 5.58 Å². The summed E-state index contributed by atoms with van der Waals surface area (Å²) in [6, 6.07) is 10.8. The van der Waals surface area contributed by atoms with E-state index in [-0.39, 0.29) is 0 Å². The Morgan fingerprint density at radius 1 is 1.21 bits per heavy atom. The largest absolute Gasteiger partial charge is 0.356 e. The fourth-order valence-corrected chi connectivity index (χ4v) is 3.90. The number of nitrogens with zero attached hydrogens (tertiary/aromatic N) is 1. The summed E-state index contributed by atoms with van der Waals surface area (Å²) in [5, 5.41) is 5.29. The smallest absolute Gasteiger partial charge is 0.168 e. The molecule has 0 aliphatic heterocycles. The van der Waals surface area contributed by atoms with E-state index in [2.05, 4.69) is 41.7 Å². The van der Waals surface area contributed by atoms with Gasteiger partial charge in [-0.3, -0.25) is 0 Å². The van der Waals surface area contributed by atoms with Gasteiger partial charge < -0.3 is 4.52 Å². The van der Waals surface area contributed by atoms with Crippen molar-refractivity contribution in [3.05, 3.63) is 47.2 Å². The minimum atomic E-state index is 0.900. The van der Waals surface area contributed by atoms with E-state index in [0.717, 1.165) is 17.7 Å². The third-order valence-electron chi connectivity index (χ3n) is 3.87. The summed E-state index contributed by atoms with van der Waals surface area (Å²) in [5.74, 6) is 0. The Morgan fingerprint density at radius 2 is 2.05 bits per heavy atom. The standard InChI is InChI=1S/C16H13NOS/c1-9-15-14(18-17-9)8-12-11-6-4-3-5-10(11)7-13(12)16(15)19-2/h3-6,8H,7H2,1-2H3. The zero-order chi connectivity index (χ0) is 13.0. The van der Waals surface area contributed by atoms with E-state index in [0.29, 0.717) is 0 Å². The molecule has 0 radical (unpaired) electrons. The van der Waals surface area contributed by atoms with Gasteiger partial charge in [-0.2, -0.15) is 0 Å². The molecule has 1 aliphatic carbocycles. The van der Waals surface area contributed by atoms with Crippen LogP contribution < -0.4 is 0 Å².